The highest BCUT2D eigenvalue weighted by Gasteiger charge is 2.18. The van der Waals surface area contributed by atoms with Crippen LogP contribution in [0.5, 0.6) is 0 Å². The van der Waals surface area contributed by atoms with Crippen molar-refractivity contribution >= 4 is 11.5 Å². The van der Waals surface area contributed by atoms with E-state index in [1.807, 2.05) is 6.92 Å². The Labute approximate surface area is 121 Å². The van der Waals surface area contributed by atoms with Crippen LogP contribution in [0.4, 0.5) is 10.1 Å². The molecule has 0 atom stereocenters. The maximum absolute atomic E-state index is 13.7. The van der Waals surface area contributed by atoms with Crippen molar-refractivity contribution in [3.8, 4) is 0 Å². The number of rotatable bonds is 5. The summed E-state index contributed by atoms with van der Waals surface area (Å²) in [7, 11) is 0. The summed E-state index contributed by atoms with van der Waals surface area (Å²) in [6, 6.07) is 9.85. The summed E-state index contributed by atoms with van der Waals surface area (Å²) in [6.07, 6.45) is 1.22. The quantitative estimate of drug-likeness (QED) is 0.476. The number of ketones is 1. The molecule has 108 valence electrons. The lowest BCUT2D eigenvalue weighted by molar-refractivity contribution is -0.385. The molecule has 0 saturated heterocycles. The van der Waals surface area contributed by atoms with Crippen LogP contribution in [-0.4, -0.2) is 10.7 Å². The number of hydrogen-bond donors (Lipinski definition) is 0. The van der Waals surface area contributed by atoms with Gasteiger partial charge < -0.3 is 0 Å². The molecule has 2 aromatic carbocycles. The van der Waals surface area contributed by atoms with Gasteiger partial charge in [0, 0.05) is 17.2 Å². The average Bonchev–Trinajstić information content (AvgIpc) is 2.47. The molecule has 0 unspecified atom stereocenters. The van der Waals surface area contributed by atoms with Crippen molar-refractivity contribution < 1.29 is 14.1 Å². The van der Waals surface area contributed by atoms with Gasteiger partial charge in [0.2, 0.25) is 0 Å². The Balaban J connectivity index is 2.45. The Bertz CT molecular complexity index is 698. The van der Waals surface area contributed by atoms with Gasteiger partial charge in [0.1, 0.15) is 5.82 Å². The van der Waals surface area contributed by atoms with E-state index in [1.165, 1.54) is 36.4 Å². The largest absolute Gasteiger partial charge is 0.288 e. The molecule has 21 heavy (non-hydrogen) atoms. The average molecular weight is 287 g/mol. The van der Waals surface area contributed by atoms with Crippen molar-refractivity contribution in [2.24, 2.45) is 0 Å². The summed E-state index contributed by atoms with van der Waals surface area (Å²) in [5, 5.41) is 11.0. The lowest BCUT2D eigenvalue weighted by Gasteiger charge is -2.06. The van der Waals surface area contributed by atoms with E-state index in [1.54, 1.807) is 6.07 Å². The van der Waals surface area contributed by atoms with Crippen LogP contribution < -0.4 is 0 Å². The zero-order chi connectivity index (χ0) is 15.4. The van der Waals surface area contributed by atoms with Crippen LogP contribution in [0.2, 0.25) is 0 Å². The van der Waals surface area contributed by atoms with Crippen molar-refractivity contribution in [1.29, 1.82) is 0 Å². The summed E-state index contributed by atoms with van der Waals surface area (Å²) in [6.45, 7) is 1.90. The fraction of sp³-hybridized carbons (Fsp3) is 0.188. The Kier molecular flexibility index (Phi) is 4.42. The van der Waals surface area contributed by atoms with Crippen LogP contribution in [-0.2, 0) is 6.42 Å². The predicted molar refractivity (Wildman–Crippen MR) is 76.9 cm³/mol. The minimum absolute atomic E-state index is 0.0121. The topological polar surface area (TPSA) is 60.2 Å². The highest BCUT2D eigenvalue weighted by atomic mass is 19.1. The number of nitro groups is 1. The minimum atomic E-state index is -0.599. The van der Waals surface area contributed by atoms with E-state index in [2.05, 4.69) is 0 Å². The van der Waals surface area contributed by atoms with Crippen LogP contribution >= 0.6 is 0 Å². The number of benzene rings is 2. The fourth-order valence-corrected chi connectivity index (χ4v) is 2.18. The molecule has 0 radical (unpaired) electrons. The summed E-state index contributed by atoms with van der Waals surface area (Å²) < 4.78 is 13.7. The molecule has 0 aliphatic carbocycles. The number of aryl methyl sites for hydroxylation is 1. The lowest BCUT2D eigenvalue weighted by atomic mass is 9.98. The van der Waals surface area contributed by atoms with E-state index in [0.29, 0.717) is 12.0 Å². The van der Waals surface area contributed by atoms with Crippen molar-refractivity contribution in [3.05, 3.63) is 75.1 Å². The van der Waals surface area contributed by atoms with E-state index < -0.39 is 16.5 Å². The molecule has 0 heterocycles. The van der Waals surface area contributed by atoms with Gasteiger partial charge >= 0.3 is 0 Å². The molecule has 2 rings (SSSR count). The molecule has 0 fully saturated rings. The highest BCUT2D eigenvalue weighted by Crippen LogP contribution is 2.23. The smallest absolute Gasteiger partial charge is 0.272 e. The first-order valence-corrected chi connectivity index (χ1v) is 6.61. The summed E-state index contributed by atoms with van der Waals surface area (Å²) >= 11 is 0. The zero-order valence-corrected chi connectivity index (χ0v) is 11.5. The second kappa shape index (κ2) is 6.26. The number of carbonyl (C=O) groups is 1. The summed E-state index contributed by atoms with van der Waals surface area (Å²) in [5.41, 5.74) is 0.703. The summed E-state index contributed by atoms with van der Waals surface area (Å²) in [4.78, 5) is 22.8. The first kappa shape index (κ1) is 14.8. The van der Waals surface area contributed by atoms with Crippen molar-refractivity contribution in [3.63, 3.8) is 0 Å². The van der Waals surface area contributed by atoms with Crippen molar-refractivity contribution in [2.75, 3.05) is 0 Å². The third-order valence-electron chi connectivity index (χ3n) is 3.18. The molecule has 0 aliphatic rings. The summed E-state index contributed by atoms with van der Waals surface area (Å²) in [5.74, 6) is -1.07. The molecule has 4 nitrogen and oxygen atoms in total. The molecule has 0 bridgehead atoms. The van der Waals surface area contributed by atoms with Crippen molar-refractivity contribution in [1.82, 2.24) is 0 Å². The van der Waals surface area contributed by atoms with Crippen LogP contribution in [0, 0.1) is 15.9 Å². The first-order valence-electron chi connectivity index (χ1n) is 6.61. The SMILES string of the molecule is CCCc1cc(C(=O)c2ccccc2F)ccc1[N+](=O)[O-]. The van der Waals surface area contributed by atoms with E-state index >= 15 is 0 Å². The van der Waals surface area contributed by atoms with Gasteiger partial charge in [-0.15, -0.1) is 0 Å². The Hall–Kier alpha value is -2.56. The molecule has 0 amide bonds. The van der Waals surface area contributed by atoms with E-state index in [0.717, 1.165) is 6.42 Å². The molecular weight excluding hydrogens is 273 g/mol. The zero-order valence-electron chi connectivity index (χ0n) is 11.5. The molecular formula is C16H14FNO3. The second-order valence-corrected chi connectivity index (χ2v) is 4.66. The van der Waals surface area contributed by atoms with Gasteiger partial charge in [-0.3, -0.25) is 14.9 Å². The standard InChI is InChI=1S/C16H14FNO3/c1-2-5-11-10-12(8-9-15(11)18(20)21)16(19)13-6-3-4-7-14(13)17/h3-4,6-10H,2,5H2,1H3. The Morgan fingerprint density at radius 2 is 1.95 bits per heavy atom. The van der Waals surface area contributed by atoms with Gasteiger partial charge in [-0.05, 0) is 30.7 Å². The number of hydrogen-bond acceptors (Lipinski definition) is 3. The lowest BCUT2D eigenvalue weighted by Crippen LogP contribution is -2.06. The predicted octanol–water partition coefficient (Wildman–Crippen LogP) is 3.92. The molecule has 5 heteroatoms. The maximum Gasteiger partial charge on any atom is 0.272 e. The van der Waals surface area contributed by atoms with Gasteiger partial charge in [0.15, 0.2) is 5.78 Å². The fourth-order valence-electron chi connectivity index (χ4n) is 2.18. The number of carbonyl (C=O) groups excluding carboxylic acids is 1. The minimum Gasteiger partial charge on any atom is -0.288 e. The Morgan fingerprint density at radius 3 is 2.57 bits per heavy atom. The highest BCUT2D eigenvalue weighted by molar-refractivity contribution is 6.09. The third kappa shape index (κ3) is 3.13. The second-order valence-electron chi connectivity index (χ2n) is 4.66. The van der Waals surface area contributed by atoms with Gasteiger partial charge in [-0.25, -0.2) is 4.39 Å². The molecule has 0 aliphatic heterocycles. The van der Waals surface area contributed by atoms with E-state index in [4.69, 9.17) is 0 Å². The molecule has 2 aromatic rings. The molecule has 0 saturated carbocycles. The Morgan fingerprint density at radius 1 is 1.24 bits per heavy atom. The van der Waals surface area contributed by atoms with E-state index in [9.17, 15) is 19.3 Å². The van der Waals surface area contributed by atoms with Crippen LogP contribution in [0.15, 0.2) is 42.5 Å². The van der Waals surface area contributed by atoms with Gasteiger partial charge in [0.05, 0.1) is 10.5 Å². The number of nitrogens with zero attached hydrogens (tertiary/aromatic N) is 1. The molecule has 0 N–H and O–H groups in total. The van der Waals surface area contributed by atoms with Gasteiger partial charge in [-0.2, -0.15) is 0 Å². The third-order valence-corrected chi connectivity index (χ3v) is 3.18. The molecule has 0 spiro atoms. The van der Waals surface area contributed by atoms with Gasteiger partial charge in [0.25, 0.3) is 5.69 Å². The van der Waals surface area contributed by atoms with Crippen LogP contribution in [0.1, 0.15) is 34.8 Å². The van der Waals surface area contributed by atoms with Crippen LogP contribution in [0.3, 0.4) is 0 Å². The first-order chi connectivity index (χ1) is 10.0. The van der Waals surface area contributed by atoms with Gasteiger partial charge in [-0.1, -0.05) is 25.5 Å². The monoisotopic (exact) mass is 287 g/mol. The van der Waals surface area contributed by atoms with Crippen molar-refractivity contribution in [2.45, 2.75) is 19.8 Å². The van der Waals surface area contributed by atoms with E-state index in [-0.39, 0.29) is 16.8 Å². The molecule has 0 aromatic heterocycles. The van der Waals surface area contributed by atoms with Crippen LogP contribution in [0.25, 0.3) is 0 Å². The number of nitro benzene ring substituents is 1. The number of halogens is 1. The maximum atomic E-state index is 13.7. The normalized spacial score (nSPS) is 10.4.